The molecule has 0 radical (unpaired) electrons. The second kappa shape index (κ2) is 6.22. The van der Waals surface area contributed by atoms with Crippen molar-refractivity contribution in [3.8, 4) is 0 Å². The van der Waals surface area contributed by atoms with Crippen LogP contribution in [0.4, 0.5) is 5.69 Å². The average molecular weight is 340 g/mol. The number of nitrogens with zero attached hydrogens (tertiary/aromatic N) is 1. The molecule has 1 unspecified atom stereocenters. The minimum atomic E-state index is -3.50. The fourth-order valence-electron chi connectivity index (χ4n) is 3.06. The Labute approximate surface area is 135 Å². The number of hydrogen-bond acceptors (Lipinski definition) is 4. The predicted octanol–water partition coefficient (Wildman–Crippen LogP) is 2.68. The van der Waals surface area contributed by atoms with Gasteiger partial charge in [0, 0.05) is 17.5 Å². The Kier molecular flexibility index (Phi) is 4.47. The maximum Gasteiger partial charge on any atom is 0.243 e. The average Bonchev–Trinajstić information content (AvgIpc) is 2.54. The van der Waals surface area contributed by atoms with Gasteiger partial charge in [0.05, 0.1) is 16.3 Å². The van der Waals surface area contributed by atoms with Crippen LogP contribution in [0.15, 0.2) is 28.0 Å². The van der Waals surface area contributed by atoms with Crippen LogP contribution in [0.25, 0.3) is 0 Å². The Hall–Kier alpha value is -1.05. The zero-order valence-corrected chi connectivity index (χ0v) is 14.2. The van der Waals surface area contributed by atoms with Gasteiger partial charge in [-0.25, -0.2) is 8.42 Å². The van der Waals surface area contributed by atoms with Gasteiger partial charge >= 0.3 is 0 Å². The van der Waals surface area contributed by atoms with Gasteiger partial charge in [-0.3, -0.25) is 4.79 Å². The summed E-state index contributed by atoms with van der Waals surface area (Å²) in [6.45, 7) is 2.61. The van der Waals surface area contributed by atoms with Crippen LogP contribution >= 0.6 is 11.8 Å². The summed E-state index contributed by atoms with van der Waals surface area (Å²) in [5, 5.41) is 2.76. The summed E-state index contributed by atoms with van der Waals surface area (Å²) in [4.78, 5) is 12.7. The van der Waals surface area contributed by atoms with Crippen LogP contribution in [0.3, 0.4) is 0 Å². The first-order valence-corrected chi connectivity index (χ1v) is 10.0. The minimum absolute atomic E-state index is 0.0822. The number of sulfonamides is 1. The van der Waals surface area contributed by atoms with Crippen molar-refractivity contribution in [2.75, 3.05) is 17.6 Å². The summed E-state index contributed by atoms with van der Waals surface area (Å²) in [6, 6.07) is 5.12. The molecule has 1 amide bonds. The molecule has 2 aliphatic heterocycles. The highest BCUT2D eigenvalue weighted by molar-refractivity contribution is 8.00. The second-order valence-corrected chi connectivity index (χ2v) is 8.58. The SMILES string of the molecule is CCC1CCCCN1S(=O)(=O)c1ccc2c(c1)NC(=O)CS2. The lowest BCUT2D eigenvalue weighted by molar-refractivity contribution is -0.113. The van der Waals surface area contributed by atoms with Crippen LogP contribution in [-0.2, 0) is 14.8 Å². The van der Waals surface area contributed by atoms with Crippen LogP contribution in [0, 0.1) is 0 Å². The number of benzene rings is 1. The number of rotatable bonds is 3. The molecule has 0 aromatic heterocycles. The highest BCUT2D eigenvalue weighted by atomic mass is 32.2. The van der Waals surface area contributed by atoms with Gasteiger partial charge in [0.25, 0.3) is 0 Å². The van der Waals surface area contributed by atoms with Crippen molar-refractivity contribution in [3.05, 3.63) is 18.2 Å². The van der Waals surface area contributed by atoms with Gasteiger partial charge in [-0.2, -0.15) is 4.31 Å². The van der Waals surface area contributed by atoms with Gasteiger partial charge in [0.15, 0.2) is 0 Å². The molecule has 1 saturated heterocycles. The van der Waals surface area contributed by atoms with E-state index in [0.717, 1.165) is 30.6 Å². The van der Waals surface area contributed by atoms with E-state index in [0.29, 0.717) is 18.0 Å². The number of fused-ring (bicyclic) bond motifs is 1. The largest absolute Gasteiger partial charge is 0.324 e. The minimum Gasteiger partial charge on any atom is -0.324 e. The van der Waals surface area contributed by atoms with Crippen molar-refractivity contribution >= 4 is 33.4 Å². The van der Waals surface area contributed by atoms with Crippen LogP contribution in [0.1, 0.15) is 32.6 Å². The number of nitrogens with one attached hydrogen (secondary N) is 1. The molecule has 22 heavy (non-hydrogen) atoms. The van der Waals surface area contributed by atoms with E-state index >= 15 is 0 Å². The number of hydrogen-bond donors (Lipinski definition) is 1. The van der Waals surface area contributed by atoms with E-state index in [-0.39, 0.29) is 16.8 Å². The maximum absolute atomic E-state index is 12.9. The zero-order chi connectivity index (χ0) is 15.7. The number of piperidine rings is 1. The number of anilines is 1. The number of carbonyl (C=O) groups is 1. The van der Waals surface area contributed by atoms with Gasteiger partial charge in [0.1, 0.15) is 0 Å². The molecule has 0 spiro atoms. The third-order valence-electron chi connectivity index (χ3n) is 4.23. The van der Waals surface area contributed by atoms with Crippen LogP contribution in [0.5, 0.6) is 0 Å². The molecule has 1 fully saturated rings. The third-order valence-corrected chi connectivity index (χ3v) is 7.26. The van der Waals surface area contributed by atoms with Gasteiger partial charge in [-0.15, -0.1) is 11.8 Å². The Morgan fingerprint density at radius 3 is 2.95 bits per heavy atom. The van der Waals surface area contributed by atoms with Gasteiger partial charge in [-0.05, 0) is 37.5 Å². The van der Waals surface area contributed by atoms with Gasteiger partial charge in [0.2, 0.25) is 15.9 Å². The first-order valence-electron chi connectivity index (χ1n) is 7.61. The third kappa shape index (κ3) is 2.89. The van der Waals surface area contributed by atoms with Crippen LogP contribution in [0.2, 0.25) is 0 Å². The number of carbonyl (C=O) groups excluding carboxylic acids is 1. The Morgan fingerprint density at radius 1 is 1.36 bits per heavy atom. The normalized spacial score (nSPS) is 23.0. The standard InChI is InChI=1S/C15H20N2O3S2/c1-2-11-5-3-4-8-17(11)22(19,20)12-6-7-14-13(9-12)16-15(18)10-21-14/h6-7,9,11H,2-5,8,10H2,1H3,(H,16,18). The number of thioether (sulfide) groups is 1. The molecule has 2 aliphatic rings. The monoisotopic (exact) mass is 340 g/mol. The van der Waals surface area contributed by atoms with Crippen molar-refractivity contribution in [2.24, 2.45) is 0 Å². The molecule has 5 nitrogen and oxygen atoms in total. The van der Waals surface area contributed by atoms with Crippen molar-refractivity contribution in [1.82, 2.24) is 4.31 Å². The second-order valence-electron chi connectivity index (χ2n) is 5.67. The molecule has 1 aromatic rings. The fraction of sp³-hybridized carbons (Fsp3) is 0.533. The number of amides is 1. The van der Waals surface area contributed by atoms with Gasteiger partial charge < -0.3 is 5.32 Å². The summed E-state index contributed by atoms with van der Waals surface area (Å²) >= 11 is 1.44. The Balaban J connectivity index is 1.95. The van der Waals surface area contributed by atoms with Gasteiger partial charge in [-0.1, -0.05) is 13.3 Å². The van der Waals surface area contributed by atoms with E-state index in [4.69, 9.17) is 0 Å². The summed E-state index contributed by atoms with van der Waals surface area (Å²) in [7, 11) is -3.50. The summed E-state index contributed by atoms with van der Waals surface area (Å²) in [5.74, 6) is 0.291. The molecule has 120 valence electrons. The highest BCUT2D eigenvalue weighted by Gasteiger charge is 2.33. The molecule has 3 rings (SSSR count). The van der Waals surface area contributed by atoms with E-state index in [1.807, 2.05) is 6.92 Å². The lowest BCUT2D eigenvalue weighted by Gasteiger charge is -2.34. The zero-order valence-electron chi connectivity index (χ0n) is 12.5. The molecule has 1 N–H and O–H groups in total. The quantitative estimate of drug-likeness (QED) is 0.919. The molecule has 0 bridgehead atoms. The Bertz CT molecular complexity index is 688. The Morgan fingerprint density at radius 2 is 2.18 bits per heavy atom. The van der Waals surface area contributed by atoms with Crippen molar-refractivity contribution in [2.45, 2.75) is 48.4 Å². The summed E-state index contributed by atoms with van der Waals surface area (Å²) in [5.41, 5.74) is 0.604. The first kappa shape index (κ1) is 15.8. The van der Waals surface area contributed by atoms with E-state index in [9.17, 15) is 13.2 Å². The molecule has 0 saturated carbocycles. The highest BCUT2D eigenvalue weighted by Crippen LogP contribution is 2.35. The molecule has 1 atom stereocenters. The van der Waals surface area contributed by atoms with E-state index < -0.39 is 10.0 Å². The molecule has 0 aliphatic carbocycles. The van der Waals surface area contributed by atoms with Crippen LogP contribution in [-0.4, -0.2) is 37.0 Å². The molecule has 7 heteroatoms. The van der Waals surface area contributed by atoms with Crippen molar-refractivity contribution in [1.29, 1.82) is 0 Å². The molecular formula is C15H20N2O3S2. The summed E-state index contributed by atoms with van der Waals surface area (Å²) in [6.07, 6.45) is 3.75. The topological polar surface area (TPSA) is 66.5 Å². The maximum atomic E-state index is 12.9. The van der Waals surface area contributed by atoms with E-state index in [1.54, 1.807) is 22.5 Å². The van der Waals surface area contributed by atoms with Crippen molar-refractivity contribution in [3.63, 3.8) is 0 Å². The lowest BCUT2D eigenvalue weighted by atomic mass is 10.0. The molecule has 2 heterocycles. The smallest absolute Gasteiger partial charge is 0.243 e. The lowest BCUT2D eigenvalue weighted by Crippen LogP contribution is -2.43. The fourth-order valence-corrected chi connectivity index (χ4v) is 5.64. The van der Waals surface area contributed by atoms with Crippen LogP contribution < -0.4 is 5.32 Å². The van der Waals surface area contributed by atoms with Crippen molar-refractivity contribution < 1.29 is 13.2 Å². The van der Waals surface area contributed by atoms with E-state index in [2.05, 4.69) is 5.32 Å². The van der Waals surface area contributed by atoms with E-state index in [1.165, 1.54) is 11.8 Å². The molecule has 1 aromatic carbocycles. The molecular weight excluding hydrogens is 320 g/mol. The summed E-state index contributed by atoms with van der Waals surface area (Å²) < 4.78 is 27.5. The first-order chi connectivity index (χ1) is 10.5. The predicted molar refractivity (Wildman–Crippen MR) is 87.6 cm³/mol.